The van der Waals surface area contributed by atoms with E-state index in [0.717, 1.165) is 0 Å². The molecule has 124 valence electrons. The number of carbonyl (C=O) groups is 1. The second-order valence-electron chi connectivity index (χ2n) is 4.46. The first-order valence-corrected chi connectivity index (χ1v) is 8.58. The maximum Gasteiger partial charge on any atom is 0.341 e. The van der Waals surface area contributed by atoms with Gasteiger partial charge in [0, 0.05) is 13.2 Å². The molecule has 0 aliphatic carbocycles. The molecule has 23 heavy (non-hydrogen) atoms. The molecular weight excluding hydrogens is 447 g/mol. The van der Waals surface area contributed by atoms with Gasteiger partial charge in [-0.05, 0) is 34.7 Å². The lowest BCUT2D eigenvalue weighted by molar-refractivity contribution is 0.0685. The number of benzene rings is 1. The van der Waals surface area contributed by atoms with Gasteiger partial charge in [-0.2, -0.15) is 5.10 Å². The molecule has 0 amide bonds. The topological polar surface area (TPSA) is 101 Å². The molecule has 0 saturated heterocycles. The lowest BCUT2D eigenvalue weighted by Gasteiger charge is -2.09. The number of carboxylic acid groups (broad SMARTS) is 1. The molecule has 0 unspecified atom stereocenters. The first kappa shape index (κ1) is 17.7. The van der Waals surface area contributed by atoms with Crippen LogP contribution in [-0.4, -0.2) is 29.3 Å². The Kier molecular flexibility index (Phi) is 5.01. The van der Waals surface area contributed by atoms with Gasteiger partial charge < -0.3 is 5.11 Å². The van der Waals surface area contributed by atoms with E-state index in [1.807, 2.05) is 22.6 Å². The third-order valence-electron chi connectivity index (χ3n) is 2.84. The van der Waals surface area contributed by atoms with E-state index < -0.39 is 38.1 Å². The summed E-state index contributed by atoms with van der Waals surface area (Å²) in [7, 11) is -2.73. The van der Waals surface area contributed by atoms with E-state index in [2.05, 4.69) is 9.82 Å². The van der Waals surface area contributed by atoms with Crippen molar-refractivity contribution in [1.29, 1.82) is 0 Å². The molecule has 1 aromatic carbocycles. The molecular formula is C12H10F2IN3O4S. The molecule has 0 aliphatic heterocycles. The summed E-state index contributed by atoms with van der Waals surface area (Å²) >= 11 is 1.95. The minimum atomic E-state index is -4.38. The Labute approximate surface area is 143 Å². The Bertz CT molecular complexity index is 883. The van der Waals surface area contributed by atoms with Crippen LogP contribution in [0.5, 0.6) is 0 Å². The molecule has 11 heteroatoms. The summed E-state index contributed by atoms with van der Waals surface area (Å²) in [6, 6.07) is 1.26. The maximum atomic E-state index is 14.0. The summed E-state index contributed by atoms with van der Waals surface area (Å²) in [6.45, 7) is -0.222. The Balaban J connectivity index is 2.35. The standard InChI is InChI=1S/C12H10F2IN3O4S/c1-18-5-7(15)8(17-18)4-16-23(21,22)9-3-2-6(13)10(11(9)14)12(19)20/h2-3,5,16H,4H2,1H3,(H,19,20). The predicted molar refractivity (Wildman–Crippen MR) is 83.3 cm³/mol. The summed E-state index contributed by atoms with van der Waals surface area (Å²) in [4.78, 5) is 9.90. The SMILES string of the molecule is Cn1cc(I)c(CNS(=O)(=O)c2ccc(F)c(C(=O)O)c2F)n1. The fraction of sp³-hybridized carbons (Fsp3) is 0.167. The molecule has 2 aromatic rings. The van der Waals surface area contributed by atoms with Crippen molar-refractivity contribution in [2.24, 2.45) is 7.05 Å². The first-order chi connectivity index (χ1) is 10.6. The van der Waals surface area contributed by atoms with Gasteiger partial charge in [-0.3, -0.25) is 4.68 Å². The van der Waals surface area contributed by atoms with Gasteiger partial charge in [-0.1, -0.05) is 0 Å². The Hall–Kier alpha value is -1.60. The second kappa shape index (κ2) is 6.49. The molecule has 0 radical (unpaired) electrons. The van der Waals surface area contributed by atoms with Crippen LogP contribution in [0.3, 0.4) is 0 Å². The second-order valence-corrected chi connectivity index (χ2v) is 7.36. The lowest BCUT2D eigenvalue weighted by atomic mass is 10.2. The van der Waals surface area contributed by atoms with E-state index in [1.165, 1.54) is 4.68 Å². The minimum absolute atomic E-state index is 0.222. The van der Waals surface area contributed by atoms with Gasteiger partial charge in [0.15, 0.2) is 5.82 Å². The number of aromatic carboxylic acids is 1. The van der Waals surface area contributed by atoms with Gasteiger partial charge in [-0.15, -0.1) is 0 Å². The monoisotopic (exact) mass is 457 g/mol. The van der Waals surface area contributed by atoms with Crippen LogP contribution in [0.2, 0.25) is 0 Å². The smallest absolute Gasteiger partial charge is 0.341 e. The van der Waals surface area contributed by atoms with Gasteiger partial charge in [0.25, 0.3) is 0 Å². The van der Waals surface area contributed by atoms with Crippen molar-refractivity contribution < 1.29 is 27.1 Å². The quantitative estimate of drug-likeness (QED) is 0.663. The highest BCUT2D eigenvalue weighted by atomic mass is 127. The Morgan fingerprint density at radius 3 is 2.61 bits per heavy atom. The molecule has 0 fully saturated rings. The number of aromatic nitrogens is 2. The van der Waals surface area contributed by atoms with Gasteiger partial charge in [-0.25, -0.2) is 26.7 Å². The highest BCUT2D eigenvalue weighted by Gasteiger charge is 2.27. The molecule has 0 atom stereocenters. The number of nitrogens with zero attached hydrogens (tertiary/aromatic N) is 2. The van der Waals surface area contributed by atoms with E-state index >= 15 is 0 Å². The highest BCUT2D eigenvalue weighted by molar-refractivity contribution is 14.1. The molecule has 1 heterocycles. The van der Waals surface area contributed by atoms with E-state index in [-0.39, 0.29) is 6.54 Å². The van der Waals surface area contributed by atoms with E-state index in [0.29, 0.717) is 21.4 Å². The zero-order valence-electron chi connectivity index (χ0n) is 11.5. The van der Waals surface area contributed by atoms with Crippen LogP contribution in [-0.2, 0) is 23.6 Å². The normalized spacial score (nSPS) is 11.7. The molecule has 7 nitrogen and oxygen atoms in total. The van der Waals surface area contributed by atoms with Crippen molar-refractivity contribution in [3.8, 4) is 0 Å². The van der Waals surface area contributed by atoms with Gasteiger partial charge in [0.1, 0.15) is 16.3 Å². The third kappa shape index (κ3) is 3.67. The maximum absolute atomic E-state index is 14.0. The number of aryl methyl sites for hydroxylation is 1. The van der Waals surface area contributed by atoms with Crippen molar-refractivity contribution in [2.75, 3.05) is 0 Å². The fourth-order valence-corrected chi connectivity index (χ4v) is 3.57. The highest BCUT2D eigenvalue weighted by Crippen LogP contribution is 2.21. The zero-order valence-corrected chi connectivity index (χ0v) is 14.5. The molecule has 0 saturated carbocycles. The summed E-state index contributed by atoms with van der Waals surface area (Å²) in [5.41, 5.74) is -0.905. The zero-order chi connectivity index (χ0) is 17.4. The fourth-order valence-electron chi connectivity index (χ4n) is 1.80. The van der Waals surface area contributed by atoms with E-state index in [9.17, 15) is 22.0 Å². The van der Waals surface area contributed by atoms with Gasteiger partial charge in [0.2, 0.25) is 10.0 Å². The van der Waals surface area contributed by atoms with Crippen LogP contribution in [0, 0.1) is 15.2 Å². The number of halogens is 3. The number of hydrogen-bond donors (Lipinski definition) is 2. The summed E-state index contributed by atoms with van der Waals surface area (Å²) < 4.78 is 55.9. The molecule has 1 aromatic heterocycles. The molecule has 0 spiro atoms. The largest absolute Gasteiger partial charge is 0.477 e. The van der Waals surface area contributed by atoms with E-state index in [4.69, 9.17) is 5.11 Å². The van der Waals surface area contributed by atoms with Crippen molar-refractivity contribution in [1.82, 2.24) is 14.5 Å². The van der Waals surface area contributed by atoms with Crippen LogP contribution < -0.4 is 4.72 Å². The molecule has 0 bridgehead atoms. The number of sulfonamides is 1. The summed E-state index contributed by atoms with van der Waals surface area (Å²) in [5.74, 6) is -4.90. The number of carboxylic acids is 1. The molecule has 2 N–H and O–H groups in total. The number of hydrogen-bond acceptors (Lipinski definition) is 4. The first-order valence-electron chi connectivity index (χ1n) is 6.02. The third-order valence-corrected chi connectivity index (χ3v) is 5.16. The predicted octanol–water partition coefficient (Wildman–Crippen LogP) is 1.48. The molecule has 2 rings (SSSR count). The number of nitrogens with one attached hydrogen (secondary N) is 1. The average molecular weight is 457 g/mol. The van der Waals surface area contributed by atoms with Crippen molar-refractivity contribution >= 4 is 38.6 Å². The minimum Gasteiger partial charge on any atom is -0.477 e. The summed E-state index contributed by atoms with van der Waals surface area (Å²) in [6.07, 6.45) is 1.66. The molecule has 0 aliphatic rings. The lowest BCUT2D eigenvalue weighted by Crippen LogP contribution is -2.25. The van der Waals surface area contributed by atoms with Crippen LogP contribution >= 0.6 is 22.6 Å². The van der Waals surface area contributed by atoms with Crippen molar-refractivity contribution in [2.45, 2.75) is 11.4 Å². The van der Waals surface area contributed by atoms with Crippen LogP contribution in [0.1, 0.15) is 16.1 Å². The van der Waals surface area contributed by atoms with Crippen molar-refractivity contribution in [3.05, 3.63) is 44.8 Å². The number of rotatable bonds is 5. The van der Waals surface area contributed by atoms with Crippen LogP contribution in [0.4, 0.5) is 8.78 Å². The van der Waals surface area contributed by atoms with Gasteiger partial charge in [0.05, 0.1) is 15.8 Å². The summed E-state index contributed by atoms with van der Waals surface area (Å²) in [5, 5.41) is 12.8. The Morgan fingerprint density at radius 1 is 1.43 bits per heavy atom. The average Bonchev–Trinajstić information content (AvgIpc) is 2.74. The van der Waals surface area contributed by atoms with Gasteiger partial charge >= 0.3 is 5.97 Å². The van der Waals surface area contributed by atoms with Crippen molar-refractivity contribution in [3.63, 3.8) is 0 Å². The van der Waals surface area contributed by atoms with E-state index in [1.54, 1.807) is 13.2 Å². The van der Waals surface area contributed by atoms with Crippen LogP contribution in [0.25, 0.3) is 0 Å². The Morgan fingerprint density at radius 2 is 2.09 bits per heavy atom. The van der Waals surface area contributed by atoms with Crippen LogP contribution in [0.15, 0.2) is 23.2 Å².